The van der Waals surface area contributed by atoms with Crippen LogP contribution in [-0.4, -0.2) is 54.8 Å². The highest BCUT2D eigenvalue weighted by atomic mass is 35.5. The van der Waals surface area contributed by atoms with Crippen LogP contribution in [0.3, 0.4) is 0 Å². The zero-order chi connectivity index (χ0) is 26.3. The van der Waals surface area contributed by atoms with E-state index in [0.717, 1.165) is 51.8 Å². The van der Waals surface area contributed by atoms with E-state index in [0.29, 0.717) is 29.6 Å². The molecule has 0 spiro atoms. The highest BCUT2D eigenvalue weighted by Crippen LogP contribution is 2.31. The Kier molecular flexibility index (Phi) is 6.59. The van der Waals surface area contributed by atoms with Crippen LogP contribution in [0.25, 0.3) is 27.7 Å². The molecule has 1 aliphatic heterocycles. The fraction of sp³-hybridized carbons (Fsp3) is 0.214. The molecular weight excluding hydrogens is 517 g/mol. The van der Waals surface area contributed by atoms with Crippen molar-refractivity contribution in [1.82, 2.24) is 18.9 Å². The van der Waals surface area contributed by atoms with Gasteiger partial charge in [-0.2, -0.15) is 13.9 Å². The average Bonchev–Trinajstić information content (AvgIpc) is 3.32. The summed E-state index contributed by atoms with van der Waals surface area (Å²) < 4.78 is 30.8. The van der Waals surface area contributed by atoms with Gasteiger partial charge in [0.05, 0.1) is 10.6 Å². The second-order valence-corrected chi connectivity index (χ2v) is 12.1. The first-order valence-corrected chi connectivity index (χ1v) is 14.6. The summed E-state index contributed by atoms with van der Waals surface area (Å²) in [5.41, 5.74) is 3.34. The quantitative estimate of drug-likeness (QED) is 0.328. The zero-order valence-electron chi connectivity index (χ0n) is 21.0. The molecule has 2 aromatic heterocycles. The molecule has 1 fully saturated rings. The molecule has 1 atom stereocenters. The van der Waals surface area contributed by atoms with Crippen molar-refractivity contribution < 1.29 is 8.42 Å². The number of nitrogens with zero attached hydrogens (tertiary/aromatic N) is 4. The number of aromatic nitrogens is 3. The largest absolute Gasteiger partial charge is 0.370 e. The van der Waals surface area contributed by atoms with Crippen LogP contribution >= 0.6 is 11.6 Å². The summed E-state index contributed by atoms with van der Waals surface area (Å²) in [5, 5.41) is 10.4. The first-order chi connectivity index (χ1) is 18.4. The standard InChI is InChI=1S/C28H27BClN5O2S/c29-23-17-32-35-27(15-25(33-28(23)35)22-11-3-4-12-24(22)30)31-16-19-7-6-14-34(18-19)38(36,37)26-13-5-9-20-8-1-2-10-21(20)26/h1-5,8-13,15,17,19,31H,6-7,14,16,18,29H2. The maximum Gasteiger partial charge on any atom is 0.243 e. The minimum Gasteiger partial charge on any atom is -0.370 e. The van der Waals surface area contributed by atoms with Crippen molar-refractivity contribution in [2.45, 2.75) is 17.7 Å². The van der Waals surface area contributed by atoms with Crippen LogP contribution in [-0.2, 0) is 10.0 Å². The topological polar surface area (TPSA) is 79.6 Å². The van der Waals surface area contributed by atoms with E-state index in [2.05, 4.69) is 10.4 Å². The SMILES string of the molecule is Bc1cnn2c(NCC3CCCN(S(=O)(=O)c4cccc5ccccc45)C3)cc(-c3ccccc3Cl)nc12. The van der Waals surface area contributed by atoms with Crippen LogP contribution in [0.2, 0.25) is 5.02 Å². The maximum atomic E-state index is 13.7. The number of halogens is 1. The van der Waals surface area contributed by atoms with Gasteiger partial charge >= 0.3 is 0 Å². The summed E-state index contributed by atoms with van der Waals surface area (Å²) in [4.78, 5) is 5.18. The number of hydrogen-bond donors (Lipinski definition) is 1. The molecular formula is C28H27BClN5O2S. The Morgan fingerprint density at radius 1 is 1.05 bits per heavy atom. The van der Waals surface area contributed by atoms with E-state index in [9.17, 15) is 8.42 Å². The van der Waals surface area contributed by atoms with Crippen LogP contribution in [0.5, 0.6) is 0 Å². The first kappa shape index (κ1) is 24.9. The van der Waals surface area contributed by atoms with Gasteiger partial charge in [0.2, 0.25) is 10.0 Å². The van der Waals surface area contributed by atoms with Gasteiger partial charge in [0, 0.05) is 47.9 Å². The number of benzene rings is 3. The number of hydrogen-bond acceptors (Lipinski definition) is 5. The van der Waals surface area contributed by atoms with Crippen LogP contribution in [0.1, 0.15) is 12.8 Å². The van der Waals surface area contributed by atoms with E-state index < -0.39 is 10.0 Å². The summed E-state index contributed by atoms with van der Waals surface area (Å²) in [6.07, 6.45) is 3.55. The smallest absolute Gasteiger partial charge is 0.243 e. The van der Waals surface area contributed by atoms with Crippen molar-refractivity contribution in [2.75, 3.05) is 25.0 Å². The molecule has 0 aliphatic carbocycles. The molecule has 10 heteroatoms. The monoisotopic (exact) mass is 543 g/mol. The Bertz CT molecular complexity index is 1750. The number of fused-ring (bicyclic) bond motifs is 2. The normalized spacial score (nSPS) is 16.7. The number of anilines is 1. The molecule has 1 saturated heterocycles. The molecule has 38 heavy (non-hydrogen) atoms. The molecule has 5 aromatic rings. The predicted molar refractivity (Wildman–Crippen MR) is 156 cm³/mol. The molecule has 0 saturated carbocycles. The van der Waals surface area contributed by atoms with Crippen molar-refractivity contribution in [3.8, 4) is 11.3 Å². The molecule has 1 N–H and O–H groups in total. The summed E-state index contributed by atoms with van der Waals surface area (Å²) in [7, 11) is -1.64. The van der Waals surface area contributed by atoms with E-state index in [1.165, 1.54) is 0 Å². The molecule has 192 valence electrons. The Morgan fingerprint density at radius 3 is 2.71 bits per heavy atom. The molecule has 0 bridgehead atoms. The molecule has 3 aromatic carbocycles. The Hall–Kier alpha value is -3.40. The van der Waals surface area contributed by atoms with Gasteiger partial charge in [-0.1, -0.05) is 66.2 Å². The third-order valence-electron chi connectivity index (χ3n) is 7.22. The van der Waals surface area contributed by atoms with E-state index in [-0.39, 0.29) is 5.92 Å². The minimum absolute atomic E-state index is 0.150. The minimum atomic E-state index is -3.62. The maximum absolute atomic E-state index is 13.7. The fourth-order valence-electron chi connectivity index (χ4n) is 5.23. The van der Waals surface area contributed by atoms with Gasteiger partial charge in [-0.3, -0.25) is 0 Å². The number of nitrogens with one attached hydrogen (secondary N) is 1. The molecule has 6 rings (SSSR count). The lowest BCUT2D eigenvalue weighted by atomic mass is 9.99. The highest BCUT2D eigenvalue weighted by molar-refractivity contribution is 7.89. The summed E-state index contributed by atoms with van der Waals surface area (Å²) >= 11 is 6.48. The van der Waals surface area contributed by atoms with E-state index in [1.807, 2.05) is 74.6 Å². The molecule has 1 unspecified atom stereocenters. The third-order valence-corrected chi connectivity index (χ3v) is 9.47. The van der Waals surface area contributed by atoms with Gasteiger partial charge in [0.25, 0.3) is 0 Å². The summed E-state index contributed by atoms with van der Waals surface area (Å²) in [6.45, 7) is 1.60. The number of sulfonamides is 1. The van der Waals surface area contributed by atoms with Crippen molar-refractivity contribution >= 4 is 57.2 Å². The molecule has 0 amide bonds. The van der Waals surface area contributed by atoms with Gasteiger partial charge in [0.1, 0.15) is 13.7 Å². The van der Waals surface area contributed by atoms with E-state index >= 15 is 0 Å². The fourth-order valence-corrected chi connectivity index (χ4v) is 7.23. The summed E-state index contributed by atoms with van der Waals surface area (Å²) in [5.74, 6) is 0.948. The van der Waals surface area contributed by atoms with Crippen molar-refractivity contribution in [2.24, 2.45) is 5.92 Å². The van der Waals surface area contributed by atoms with Crippen LogP contribution in [0.4, 0.5) is 5.82 Å². The molecule has 0 radical (unpaired) electrons. The number of rotatable bonds is 6. The lowest BCUT2D eigenvalue weighted by Crippen LogP contribution is -2.41. The van der Waals surface area contributed by atoms with Gasteiger partial charge < -0.3 is 5.32 Å². The predicted octanol–water partition coefficient (Wildman–Crippen LogP) is 3.97. The van der Waals surface area contributed by atoms with Gasteiger partial charge in [-0.05, 0) is 41.7 Å². The second kappa shape index (κ2) is 10.1. The lowest BCUT2D eigenvalue weighted by Gasteiger charge is -2.32. The Morgan fingerprint density at radius 2 is 1.84 bits per heavy atom. The molecule has 1 aliphatic rings. The van der Waals surface area contributed by atoms with Gasteiger partial charge in [-0.25, -0.2) is 13.4 Å². The highest BCUT2D eigenvalue weighted by Gasteiger charge is 2.31. The average molecular weight is 544 g/mol. The van der Waals surface area contributed by atoms with E-state index in [1.54, 1.807) is 21.1 Å². The van der Waals surface area contributed by atoms with Crippen LogP contribution in [0, 0.1) is 5.92 Å². The summed E-state index contributed by atoms with van der Waals surface area (Å²) in [6, 6.07) is 22.7. The second-order valence-electron chi connectivity index (χ2n) is 9.80. The van der Waals surface area contributed by atoms with Gasteiger partial charge in [0.15, 0.2) is 5.65 Å². The van der Waals surface area contributed by atoms with Gasteiger partial charge in [-0.15, -0.1) is 0 Å². The van der Waals surface area contributed by atoms with Crippen molar-refractivity contribution in [3.05, 3.63) is 84.0 Å². The van der Waals surface area contributed by atoms with Crippen molar-refractivity contribution in [3.63, 3.8) is 0 Å². The number of piperidine rings is 1. The Balaban J connectivity index is 1.25. The zero-order valence-corrected chi connectivity index (χ0v) is 22.6. The Labute approximate surface area is 227 Å². The molecule has 3 heterocycles. The third kappa shape index (κ3) is 4.55. The van der Waals surface area contributed by atoms with Crippen LogP contribution in [0.15, 0.2) is 83.9 Å². The van der Waals surface area contributed by atoms with E-state index in [4.69, 9.17) is 16.6 Å². The van der Waals surface area contributed by atoms with Crippen molar-refractivity contribution in [1.29, 1.82) is 0 Å². The van der Waals surface area contributed by atoms with Crippen LogP contribution < -0.4 is 10.8 Å². The first-order valence-electron chi connectivity index (χ1n) is 12.7. The lowest BCUT2D eigenvalue weighted by molar-refractivity contribution is 0.275. The molecule has 7 nitrogen and oxygen atoms in total.